The Morgan fingerprint density at radius 1 is 1.36 bits per heavy atom. The number of amides is 1. The predicted octanol–water partition coefficient (Wildman–Crippen LogP) is 3.15. The zero-order valence-corrected chi connectivity index (χ0v) is 12.2. The Balaban J connectivity index is 1.78. The highest BCUT2D eigenvalue weighted by atomic mass is 35.5. The van der Waals surface area contributed by atoms with E-state index in [1.807, 2.05) is 30.3 Å². The van der Waals surface area contributed by atoms with E-state index in [1.54, 1.807) is 0 Å². The number of carbonyl (C=O) groups excluding carboxylic acids is 1. The molecule has 112 valence electrons. The minimum absolute atomic E-state index is 0.0347. The molecule has 2 rings (SSSR count). The summed E-state index contributed by atoms with van der Waals surface area (Å²) in [6, 6.07) is 10.6. The van der Waals surface area contributed by atoms with Crippen molar-refractivity contribution in [3.8, 4) is 11.8 Å². The minimum Gasteiger partial charge on any atom is -0.445 e. The van der Waals surface area contributed by atoms with Gasteiger partial charge in [0.2, 0.25) is 0 Å². The second-order valence-corrected chi connectivity index (χ2v) is 4.59. The lowest BCUT2D eigenvalue weighted by molar-refractivity contribution is 0.141. The molecule has 0 aliphatic rings. The van der Waals surface area contributed by atoms with Crippen LogP contribution in [0.3, 0.4) is 0 Å². The van der Waals surface area contributed by atoms with Gasteiger partial charge in [-0.15, -0.1) is 0 Å². The van der Waals surface area contributed by atoms with Crippen molar-refractivity contribution in [1.29, 1.82) is 0 Å². The number of ether oxygens (including phenoxy) is 1. The maximum absolute atomic E-state index is 13.3. The van der Waals surface area contributed by atoms with E-state index < -0.39 is 11.9 Å². The van der Waals surface area contributed by atoms with E-state index in [2.05, 4.69) is 22.1 Å². The summed E-state index contributed by atoms with van der Waals surface area (Å²) in [5, 5.41) is 2.61. The molecule has 0 aliphatic carbocycles. The molecule has 2 aromatic rings. The van der Waals surface area contributed by atoms with Crippen LogP contribution in [0, 0.1) is 17.7 Å². The summed E-state index contributed by atoms with van der Waals surface area (Å²) in [6.45, 7) is 0.210. The number of hydrogen-bond acceptors (Lipinski definition) is 3. The quantitative estimate of drug-likeness (QED) is 0.698. The molecule has 1 N–H and O–H groups in total. The minimum atomic E-state index is -0.591. The topological polar surface area (TPSA) is 51.2 Å². The molecule has 0 saturated heterocycles. The third-order valence-electron chi connectivity index (χ3n) is 2.58. The third kappa shape index (κ3) is 5.08. The van der Waals surface area contributed by atoms with E-state index in [-0.39, 0.29) is 23.9 Å². The van der Waals surface area contributed by atoms with Crippen molar-refractivity contribution in [2.45, 2.75) is 6.61 Å². The Hall–Kier alpha value is -2.58. The second kappa shape index (κ2) is 8.01. The number of pyridine rings is 1. The molecule has 0 aliphatic heterocycles. The van der Waals surface area contributed by atoms with Crippen molar-refractivity contribution < 1.29 is 13.9 Å². The first-order chi connectivity index (χ1) is 10.6. The van der Waals surface area contributed by atoms with Gasteiger partial charge in [0.1, 0.15) is 11.8 Å². The Morgan fingerprint density at radius 3 is 2.91 bits per heavy atom. The molecule has 0 radical (unpaired) electrons. The largest absolute Gasteiger partial charge is 0.445 e. The predicted molar refractivity (Wildman–Crippen MR) is 80.7 cm³/mol. The molecule has 0 fully saturated rings. The van der Waals surface area contributed by atoms with Gasteiger partial charge in [-0.3, -0.25) is 0 Å². The van der Waals surface area contributed by atoms with Crippen molar-refractivity contribution in [3.63, 3.8) is 0 Å². The molecule has 0 spiro atoms. The smallest absolute Gasteiger partial charge is 0.408 e. The maximum Gasteiger partial charge on any atom is 0.408 e. The van der Waals surface area contributed by atoms with Crippen LogP contribution in [-0.2, 0) is 11.3 Å². The standard InChI is InChI=1S/C16H12ClFN2O2/c17-15-9-13(14(18)10-20-15)7-4-8-19-16(21)22-11-12-5-2-1-3-6-12/h1-3,5-6,9-10H,8,11H2,(H,19,21). The third-order valence-corrected chi connectivity index (χ3v) is 2.79. The number of nitrogens with one attached hydrogen (secondary N) is 1. The number of carbonyl (C=O) groups is 1. The number of halogens is 2. The van der Waals surface area contributed by atoms with Gasteiger partial charge in [-0.2, -0.15) is 0 Å². The van der Waals surface area contributed by atoms with E-state index in [0.717, 1.165) is 11.8 Å². The van der Waals surface area contributed by atoms with Crippen LogP contribution in [0.25, 0.3) is 0 Å². The highest BCUT2D eigenvalue weighted by Gasteiger charge is 2.02. The number of rotatable bonds is 3. The van der Waals surface area contributed by atoms with E-state index in [0.29, 0.717) is 0 Å². The average molecular weight is 319 g/mol. The van der Waals surface area contributed by atoms with Crippen molar-refractivity contribution in [1.82, 2.24) is 10.3 Å². The molecule has 0 saturated carbocycles. The molecule has 4 nitrogen and oxygen atoms in total. The fourth-order valence-electron chi connectivity index (χ4n) is 1.54. The SMILES string of the molecule is O=C(NCC#Cc1cc(Cl)ncc1F)OCc1ccccc1. The first kappa shape index (κ1) is 15.8. The van der Waals surface area contributed by atoms with Gasteiger partial charge in [0.25, 0.3) is 0 Å². The van der Waals surface area contributed by atoms with Crippen LogP contribution in [0.4, 0.5) is 9.18 Å². The van der Waals surface area contributed by atoms with Crippen molar-refractivity contribution in [2.24, 2.45) is 0 Å². The van der Waals surface area contributed by atoms with E-state index >= 15 is 0 Å². The van der Waals surface area contributed by atoms with Crippen LogP contribution < -0.4 is 5.32 Å². The number of aromatic nitrogens is 1. The zero-order valence-electron chi connectivity index (χ0n) is 11.5. The Kier molecular flexibility index (Phi) is 5.75. The van der Waals surface area contributed by atoms with Crippen LogP contribution in [0.15, 0.2) is 42.6 Å². The lowest BCUT2D eigenvalue weighted by Gasteiger charge is -2.04. The molecule has 0 unspecified atom stereocenters. The summed E-state index contributed by atoms with van der Waals surface area (Å²) < 4.78 is 18.3. The Labute approximate surface area is 132 Å². The summed E-state index contributed by atoms with van der Waals surface area (Å²) >= 11 is 5.64. The van der Waals surface area contributed by atoms with Gasteiger partial charge in [0, 0.05) is 0 Å². The van der Waals surface area contributed by atoms with Crippen molar-refractivity contribution in [2.75, 3.05) is 6.54 Å². The molecule has 1 aromatic carbocycles. The first-order valence-electron chi connectivity index (χ1n) is 6.39. The lowest BCUT2D eigenvalue weighted by atomic mass is 10.2. The van der Waals surface area contributed by atoms with Gasteiger partial charge in [-0.1, -0.05) is 53.8 Å². The first-order valence-corrected chi connectivity index (χ1v) is 6.77. The number of benzene rings is 1. The van der Waals surface area contributed by atoms with E-state index in [1.165, 1.54) is 6.07 Å². The molecule has 1 aromatic heterocycles. The van der Waals surface area contributed by atoms with Crippen molar-refractivity contribution >= 4 is 17.7 Å². The summed E-state index contributed by atoms with van der Waals surface area (Å²) in [5.74, 6) is 4.61. The summed E-state index contributed by atoms with van der Waals surface area (Å²) in [5.41, 5.74) is 1.01. The molecule has 1 amide bonds. The van der Waals surface area contributed by atoms with Crippen LogP contribution in [0.5, 0.6) is 0 Å². The van der Waals surface area contributed by atoms with E-state index in [4.69, 9.17) is 16.3 Å². The van der Waals surface area contributed by atoms with Gasteiger partial charge in [0.15, 0.2) is 5.82 Å². The van der Waals surface area contributed by atoms with Crippen LogP contribution in [0.1, 0.15) is 11.1 Å². The van der Waals surface area contributed by atoms with Crippen LogP contribution in [-0.4, -0.2) is 17.6 Å². The summed E-state index contributed by atoms with van der Waals surface area (Å²) in [7, 11) is 0. The van der Waals surface area contributed by atoms with Gasteiger partial charge in [-0.25, -0.2) is 14.2 Å². The Bertz CT molecular complexity index is 711. The highest BCUT2D eigenvalue weighted by molar-refractivity contribution is 6.29. The van der Waals surface area contributed by atoms with Gasteiger partial charge in [-0.05, 0) is 11.6 Å². The molecule has 22 heavy (non-hydrogen) atoms. The van der Waals surface area contributed by atoms with Crippen LogP contribution in [0.2, 0.25) is 5.15 Å². The molecule has 0 atom stereocenters. The second-order valence-electron chi connectivity index (χ2n) is 4.20. The van der Waals surface area contributed by atoms with Gasteiger partial charge >= 0.3 is 6.09 Å². The maximum atomic E-state index is 13.3. The monoisotopic (exact) mass is 318 g/mol. The number of hydrogen-bond donors (Lipinski definition) is 1. The lowest BCUT2D eigenvalue weighted by Crippen LogP contribution is -2.24. The molecule has 1 heterocycles. The van der Waals surface area contributed by atoms with E-state index in [9.17, 15) is 9.18 Å². The fourth-order valence-corrected chi connectivity index (χ4v) is 1.70. The van der Waals surface area contributed by atoms with Crippen LogP contribution >= 0.6 is 11.6 Å². The van der Waals surface area contributed by atoms with Crippen molar-refractivity contribution in [3.05, 3.63) is 64.7 Å². The number of nitrogens with zero attached hydrogens (tertiary/aromatic N) is 1. The Morgan fingerprint density at radius 2 is 2.14 bits per heavy atom. The normalized spacial score (nSPS) is 9.55. The van der Waals surface area contributed by atoms with Gasteiger partial charge in [0.05, 0.1) is 18.3 Å². The molecule has 6 heteroatoms. The molecular formula is C16H12ClFN2O2. The molecule has 0 bridgehead atoms. The van der Waals surface area contributed by atoms with Gasteiger partial charge < -0.3 is 10.1 Å². The average Bonchev–Trinajstić information content (AvgIpc) is 2.53. The summed E-state index contributed by atoms with van der Waals surface area (Å²) in [6.07, 6.45) is 0.403. The number of alkyl carbamates (subject to hydrolysis) is 1. The fraction of sp³-hybridized carbons (Fsp3) is 0.125. The summed E-state index contributed by atoms with van der Waals surface area (Å²) in [4.78, 5) is 15.0. The molecular weight excluding hydrogens is 307 g/mol. The highest BCUT2D eigenvalue weighted by Crippen LogP contribution is 2.10. The zero-order chi connectivity index (χ0) is 15.8.